The van der Waals surface area contributed by atoms with Gasteiger partial charge < -0.3 is 5.11 Å². The maximum Gasteiger partial charge on any atom is 0.240 e. The predicted octanol–water partition coefficient (Wildman–Crippen LogP) is 1.44. The third kappa shape index (κ3) is 4.69. The molecule has 1 atom stereocenters. The molecule has 2 N–H and O–H groups in total. The number of hydrogen-bond donors (Lipinski definition) is 2. The maximum atomic E-state index is 11.9. The number of aliphatic hydroxyl groups is 1. The number of anilines is 1. The molecule has 1 aromatic heterocycles. The van der Waals surface area contributed by atoms with E-state index in [0.717, 1.165) is 23.9 Å². The van der Waals surface area contributed by atoms with Gasteiger partial charge in [0.05, 0.1) is 12.1 Å². The highest BCUT2D eigenvalue weighted by atomic mass is 32.2. The summed E-state index contributed by atoms with van der Waals surface area (Å²) in [6, 6.07) is 0. The highest BCUT2D eigenvalue weighted by molar-refractivity contribution is 7.99. The van der Waals surface area contributed by atoms with Crippen LogP contribution in [0.3, 0.4) is 0 Å². The van der Waals surface area contributed by atoms with Gasteiger partial charge in [-0.2, -0.15) is 9.36 Å². The van der Waals surface area contributed by atoms with Crippen LogP contribution in [0.1, 0.15) is 26.7 Å². The molecule has 0 saturated carbocycles. The monoisotopic (exact) mass is 316 g/mol. The van der Waals surface area contributed by atoms with E-state index in [1.807, 2.05) is 4.90 Å². The van der Waals surface area contributed by atoms with Gasteiger partial charge in [0, 0.05) is 30.4 Å². The molecule has 0 bridgehead atoms. The topological polar surface area (TPSA) is 78.4 Å². The van der Waals surface area contributed by atoms with Gasteiger partial charge in [0.2, 0.25) is 16.2 Å². The summed E-state index contributed by atoms with van der Waals surface area (Å²) in [5.41, 5.74) is -0.674. The van der Waals surface area contributed by atoms with Crippen molar-refractivity contribution in [2.75, 3.05) is 30.7 Å². The zero-order valence-electron chi connectivity index (χ0n) is 11.8. The van der Waals surface area contributed by atoms with Crippen molar-refractivity contribution in [3.63, 3.8) is 0 Å². The Balaban J connectivity index is 1.78. The molecule has 2 rings (SSSR count). The first kappa shape index (κ1) is 15.7. The minimum Gasteiger partial charge on any atom is -0.389 e. The largest absolute Gasteiger partial charge is 0.389 e. The van der Waals surface area contributed by atoms with Gasteiger partial charge in [-0.05, 0) is 19.8 Å². The van der Waals surface area contributed by atoms with Crippen molar-refractivity contribution in [2.24, 2.45) is 0 Å². The molecular formula is C12H20N4O2S2. The average molecular weight is 316 g/mol. The highest BCUT2D eigenvalue weighted by Gasteiger charge is 2.32. The third-order valence-corrected chi connectivity index (χ3v) is 4.79. The van der Waals surface area contributed by atoms with E-state index in [1.165, 1.54) is 11.5 Å². The first-order valence-corrected chi connectivity index (χ1v) is 8.45. The number of likely N-dealkylation sites (tertiary alicyclic amines) is 1. The van der Waals surface area contributed by atoms with Crippen LogP contribution in [0.25, 0.3) is 0 Å². The fourth-order valence-electron chi connectivity index (χ4n) is 2.05. The van der Waals surface area contributed by atoms with Gasteiger partial charge in [0.15, 0.2) is 0 Å². The smallest absolute Gasteiger partial charge is 0.240 e. The van der Waals surface area contributed by atoms with Crippen LogP contribution in [0.5, 0.6) is 0 Å². The Bertz CT molecular complexity index is 464. The summed E-state index contributed by atoms with van der Waals surface area (Å²) in [6.07, 6.45) is 1.78. The normalized spacial score (nSPS) is 23.1. The molecule has 112 valence electrons. The lowest BCUT2D eigenvalue weighted by Crippen LogP contribution is -2.35. The fraction of sp³-hybridized carbons (Fsp3) is 0.750. The predicted molar refractivity (Wildman–Crippen MR) is 81.2 cm³/mol. The molecule has 1 aliphatic heterocycles. The molecule has 1 amide bonds. The second-order valence-electron chi connectivity index (χ2n) is 5.24. The standard InChI is InChI=1S/C12H20N4O2S2/c1-3-6-19-11-14-10(20-15-11)13-9(17)7-16-5-4-12(2,18)8-16/h18H,3-8H2,1-2H3,(H,13,14,15,17). The first-order valence-electron chi connectivity index (χ1n) is 6.69. The lowest BCUT2D eigenvalue weighted by molar-refractivity contribution is -0.117. The minimum absolute atomic E-state index is 0.106. The molecule has 1 fully saturated rings. The average Bonchev–Trinajstić information content (AvgIpc) is 2.93. The van der Waals surface area contributed by atoms with Gasteiger partial charge >= 0.3 is 0 Å². The van der Waals surface area contributed by atoms with Crippen molar-refractivity contribution in [1.82, 2.24) is 14.3 Å². The molecule has 20 heavy (non-hydrogen) atoms. The van der Waals surface area contributed by atoms with E-state index < -0.39 is 5.60 Å². The summed E-state index contributed by atoms with van der Waals surface area (Å²) >= 11 is 2.80. The Kier molecular flexibility index (Phi) is 5.36. The second kappa shape index (κ2) is 6.84. The van der Waals surface area contributed by atoms with Gasteiger partial charge in [0.25, 0.3) is 0 Å². The number of β-amino-alcohol motifs (C(OH)–C–C–N with tert-alkyl or cyclic N) is 1. The van der Waals surface area contributed by atoms with E-state index in [1.54, 1.807) is 18.7 Å². The van der Waals surface area contributed by atoms with Crippen molar-refractivity contribution in [3.8, 4) is 0 Å². The number of hydrogen-bond acceptors (Lipinski definition) is 7. The Morgan fingerprint density at radius 2 is 2.45 bits per heavy atom. The molecule has 0 radical (unpaired) electrons. The molecule has 1 aliphatic rings. The van der Waals surface area contributed by atoms with Gasteiger partial charge in [-0.25, -0.2) is 0 Å². The highest BCUT2D eigenvalue weighted by Crippen LogP contribution is 2.22. The summed E-state index contributed by atoms with van der Waals surface area (Å²) in [7, 11) is 0. The fourth-order valence-corrected chi connectivity index (χ4v) is 3.46. The van der Waals surface area contributed by atoms with Gasteiger partial charge in [-0.3, -0.25) is 15.0 Å². The molecule has 1 unspecified atom stereocenters. The number of amides is 1. The van der Waals surface area contributed by atoms with Crippen molar-refractivity contribution >= 4 is 34.3 Å². The summed E-state index contributed by atoms with van der Waals surface area (Å²) in [5, 5.41) is 13.9. The Labute approximate surface area is 127 Å². The minimum atomic E-state index is -0.674. The van der Waals surface area contributed by atoms with E-state index in [4.69, 9.17) is 0 Å². The van der Waals surface area contributed by atoms with Crippen molar-refractivity contribution < 1.29 is 9.90 Å². The van der Waals surface area contributed by atoms with Crippen molar-refractivity contribution in [2.45, 2.75) is 37.4 Å². The summed E-state index contributed by atoms with van der Waals surface area (Å²) in [4.78, 5) is 18.1. The van der Waals surface area contributed by atoms with Crippen LogP contribution >= 0.6 is 23.3 Å². The van der Waals surface area contributed by atoms with Crippen LogP contribution in [-0.2, 0) is 4.79 Å². The molecule has 0 spiro atoms. The van der Waals surface area contributed by atoms with Crippen LogP contribution in [-0.4, -0.2) is 56.3 Å². The lowest BCUT2D eigenvalue weighted by Gasteiger charge is -2.17. The van der Waals surface area contributed by atoms with E-state index in [2.05, 4.69) is 21.6 Å². The zero-order chi connectivity index (χ0) is 14.6. The number of thioether (sulfide) groups is 1. The lowest BCUT2D eigenvalue weighted by atomic mass is 10.1. The molecular weight excluding hydrogens is 296 g/mol. The van der Waals surface area contributed by atoms with E-state index in [-0.39, 0.29) is 12.5 Å². The van der Waals surface area contributed by atoms with Gasteiger partial charge in [-0.1, -0.05) is 18.7 Å². The number of nitrogens with zero attached hydrogens (tertiary/aromatic N) is 3. The zero-order valence-corrected chi connectivity index (χ0v) is 13.4. The number of carbonyl (C=O) groups excluding carboxylic acids is 1. The van der Waals surface area contributed by atoms with Crippen LogP contribution in [0.2, 0.25) is 0 Å². The number of carbonyl (C=O) groups is 1. The number of aromatic nitrogens is 2. The Morgan fingerprint density at radius 3 is 3.10 bits per heavy atom. The van der Waals surface area contributed by atoms with E-state index >= 15 is 0 Å². The summed E-state index contributed by atoms with van der Waals surface area (Å²) < 4.78 is 4.19. The summed E-state index contributed by atoms with van der Waals surface area (Å²) in [6.45, 7) is 5.47. The Hall–Kier alpha value is -0.700. The quantitative estimate of drug-likeness (QED) is 0.773. The molecule has 6 nitrogen and oxygen atoms in total. The number of rotatable bonds is 6. The second-order valence-corrected chi connectivity index (χ2v) is 7.05. The molecule has 0 aliphatic carbocycles. The van der Waals surface area contributed by atoms with E-state index in [9.17, 15) is 9.90 Å². The van der Waals surface area contributed by atoms with E-state index in [0.29, 0.717) is 18.1 Å². The molecule has 1 aromatic rings. The molecule has 8 heteroatoms. The third-order valence-electron chi connectivity index (χ3n) is 2.99. The van der Waals surface area contributed by atoms with Crippen LogP contribution in [0.4, 0.5) is 5.13 Å². The summed E-state index contributed by atoms with van der Waals surface area (Å²) in [5.74, 6) is 0.873. The maximum absolute atomic E-state index is 11.9. The van der Waals surface area contributed by atoms with Crippen molar-refractivity contribution in [3.05, 3.63) is 0 Å². The first-order chi connectivity index (χ1) is 9.48. The van der Waals surface area contributed by atoms with Gasteiger partial charge in [0.1, 0.15) is 0 Å². The molecule has 1 saturated heterocycles. The Morgan fingerprint density at radius 1 is 1.65 bits per heavy atom. The van der Waals surface area contributed by atoms with Crippen LogP contribution in [0.15, 0.2) is 5.16 Å². The van der Waals surface area contributed by atoms with Crippen LogP contribution < -0.4 is 5.32 Å². The van der Waals surface area contributed by atoms with Gasteiger partial charge in [-0.15, -0.1) is 0 Å². The van der Waals surface area contributed by atoms with Crippen molar-refractivity contribution in [1.29, 1.82) is 0 Å². The molecule has 2 heterocycles. The van der Waals surface area contributed by atoms with Crippen LogP contribution in [0, 0.1) is 0 Å². The number of nitrogens with one attached hydrogen (secondary N) is 1. The SMILES string of the molecule is CCCSc1nsc(NC(=O)CN2CCC(C)(O)C2)n1. The molecule has 0 aromatic carbocycles.